The molecule has 3 aliphatic rings. The fraction of sp³-hybridized carbons (Fsp3) is 0.135. The van der Waals surface area contributed by atoms with Crippen molar-refractivity contribution in [2.24, 2.45) is 0 Å². The van der Waals surface area contributed by atoms with Crippen LogP contribution in [0.5, 0.6) is 0 Å². The Hall–Kier alpha value is -6.45. The third-order valence-corrected chi connectivity index (χ3v) is 11.8. The summed E-state index contributed by atoms with van der Waals surface area (Å²) in [4.78, 5) is 7.18. The van der Waals surface area contributed by atoms with Crippen molar-refractivity contribution in [2.75, 3.05) is 4.90 Å². The van der Waals surface area contributed by atoms with Gasteiger partial charge in [-0.3, -0.25) is 4.98 Å². The number of anilines is 1. The molecule has 7 aromatic rings. The molecule has 1 atom stereocenters. The smallest absolute Gasteiger partial charge is 0.0537 e. The molecule has 0 saturated carbocycles. The number of benzene rings is 5. The highest BCUT2D eigenvalue weighted by atomic mass is 15.2. The van der Waals surface area contributed by atoms with Crippen molar-refractivity contribution < 1.29 is 0 Å². The number of pyridine rings is 1. The molecule has 0 radical (unpaired) electrons. The highest BCUT2D eigenvalue weighted by molar-refractivity contribution is 5.99. The van der Waals surface area contributed by atoms with Crippen LogP contribution in [0.15, 0.2) is 188 Å². The molecule has 0 amide bonds. The predicted octanol–water partition coefficient (Wildman–Crippen LogP) is 13.3. The summed E-state index contributed by atoms with van der Waals surface area (Å²) in [6.07, 6.45) is 27.9. The molecule has 0 bridgehead atoms. The van der Waals surface area contributed by atoms with Gasteiger partial charge >= 0.3 is 0 Å². The maximum absolute atomic E-state index is 4.78. The molecule has 0 aliphatic heterocycles. The molecule has 3 heteroatoms. The van der Waals surface area contributed by atoms with Crippen LogP contribution in [0.25, 0.3) is 55.7 Å². The van der Waals surface area contributed by atoms with Crippen molar-refractivity contribution in [3.8, 4) is 27.9 Å². The van der Waals surface area contributed by atoms with Gasteiger partial charge in [-0.25, -0.2) is 0 Å². The van der Waals surface area contributed by atoms with Gasteiger partial charge in [0.2, 0.25) is 0 Å². The standard InChI is InChI=1S/C52H43N3/c1-52(32-30-43(31-33-52)54(40-14-4-2-5-15-40)41-16-6-3-7-17-41)49-29-28-44(45-18-8-9-19-46(45)49)39-34-38(35-53-36-39)37-24-26-42(27-25-37)55-50-22-12-10-20-47(50)48-21-11-13-23-51(48)55/h2,4-6,8-10,12-20,22-32,34-36H,3,7,11,21,33H2,1H3. The Labute approximate surface area is 323 Å². The van der Waals surface area contributed by atoms with E-state index in [-0.39, 0.29) is 5.41 Å². The first-order chi connectivity index (χ1) is 27.1. The molecule has 0 fully saturated rings. The first-order valence-corrected chi connectivity index (χ1v) is 19.6. The van der Waals surface area contributed by atoms with E-state index < -0.39 is 0 Å². The summed E-state index contributed by atoms with van der Waals surface area (Å²) in [5.41, 5.74) is 14.6. The second-order valence-corrected chi connectivity index (χ2v) is 15.2. The van der Waals surface area contributed by atoms with E-state index in [0.29, 0.717) is 0 Å². The summed E-state index contributed by atoms with van der Waals surface area (Å²) in [5.74, 6) is 0. The van der Waals surface area contributed by atoms with E-state index >= 15 is 0 Å². The lowest BCUT2D eigenvalue weighted by molar-refractivity contribution is 0.600. The SMILES string of the molecule is CC1(c2ccc(-c3cncc(-c4ccc(-n5c6c(c7ccccc75)CCC=C6)cc4)c3)c3ccccc23)C=CC(N(C2=CCCC=C2)c2ccccc2)=CC1. The first-order valence-electron chi connectivity index (χ1n) is 19.6. The van der Waals surface area contributed by atoms with E-state index in [2.05, 4.69) is 186 Å². The van der Waals surface area contributed by atoms with Crippen molar-refractivity contribution in [2.45, 2.75) is 44.4 Å². The van der Waals surface area contributed by atoms with Crippen molar-refractivity contribution in [1.82, 2.24) is 9.55 Å². The Morgan fingerprint density at radius 2 is 1.36 bits per heavy atom. The van der Waals surface area contributed by atoms with Crippen molar-refractivity contribution in [1.29, 1.82) is 0 Å². The molecule has 1 unspecified atom stereocenters. The van der Waals surface area contributed by atoms with Gasteiger partial charge in [0.1, 0.15) is 0 Å². The molecule has 0 spiro atoms. The van der Waals surface area contributed by atoms with Crippen molar-refractivity contribution in [3.63, 3.8) is 0 Å². The first kappa shape index (κ1) is 33.1. The van der Waals surface area contributed by atoms with Gasteiger partial charge in [0.25, 0.3) is 0 Å². The summed E-state index contributed by atoms with van der Waals surface area (Å²) < 4.78 is 2.41. The number of hydrogen-bond acceptors (Lipinski definition) is 2. The van der Waals surface area contributed by atoms with Crippen LogP contribution in [0.4, 0.5) is 5.69 Å². The number of rotatable bonds is 7. The molecular weight excluding hydrogens is 667 g/mol. The van der Waals surface area contributed by atoms with Gasteiger partial charge in [0, 0.05) is 62.8 Å². The van der Waals surface area contributed by atoms with Gasteiger partial charge in [-0.05, 0) is 120 Å². The minimum atomic E-state index is -0.150. The van der Waals surface area contributed by atoms with Crippen LogP contribution in [0.1, 0.15) is 49.4 Å². The summed E-state index contributed by atoms with van der Waals surface area (Å²) >= 11 is 0. The molecule has 3 nitrogen and oxygen atoms in total. The van der Waals surface area contributed by atoms with Gasteiger partial charge in [-0.1, -0.05) is 122 Å². The van der Waals surface area contributed by atoms with Crippen LogP contribution < -0.4 is 4.90 Å². The van der Waals surface area contributed by atoms with E-state index in [1.807, 2.05) is 12.4 Å². The van der Waals surface area contributed by atoms with Crippen LogP contribution >= 0.6 is 0 Å². The quantitative estimate of drug-likeness (QED) is 0.164. The van der Waals surface area contributed by atoms with E-state index in [9.17, 15) is 0 Å². The Morgan fingerprint density at radius 3 is 2.16 bits per heavy atom. The maximum Gasteiger partial charge on any atom is 0.0537 e. The van der Waals surface area contributed by atoms with Crippen LogP contribution in [-0.4, -0.2) is 9.55 Å². The minimum absolute atomic E-state index is 0.150. The molecule has 2 heterocycles. The average molecular weight is 710 g/mol. The third kappa shape index (κ3) is 5.88. The molecule has 0 N–H and O–H groups in total. The number of allylic oxidation sites excluding steroid dienone is 7. The van der Waals surface area contributed by atoms with Crippen LogP contribution in [-0.2, 0) is 11.8 Å². The molecule has 3 aliphatic carbocycles. The second kappa shape index (κ2) is 13.8. The van der Waals surface area contributed by atoms with Gasteiger partial charge in [-0.15, -0.1) is 0 Å². The number of nitrogens with zero attached hydrogens (tertiary/aromatic N) is 3. The summed E-state index contributed by atoms with van der Waals surface area (Å²) in [7, 11) is 0. The fourth-order valence-corrected chi connectivity index (χ4v) is 8.94. The fourth-order valence-electron chi connectivity index (χ4n) is 8.94. The Balaban J connectivity index is 0.964. The Bertz CT molecular complexity index is 2740. The lowest BCUT2D eigenvalue weighted by atomic mass is 9.74. The van der Waals surface area contributed by atoms with Gasteiger partial charge < -0.3 is 9.47 Å². The van der Waals surface area contributed by atoms with Gasteiger partial charge in [-0.2, -0.15) is 0 Å². The Kier molecular flexibility index (Phi) is 8.29. The largest absolute Gasteiger partial charge is 0.311 e. The molecule has 55 heavy (non-hydrogen) atoms. The van der Waals surface area contributed by atoms with Crippen LogP contribution in [0, 0.1) is 0 Å². The summed E-state index contributed by atoms with van der Waals surface area (Å²) in [6, 6.07) is 44.3. The number of aryl methyl sites for hydroxylation is 1. The van der Waals surface area contributed by atoms with Crippen LogP contribution in [0.2, 0.25) is 0 Å². The number of fused-ring (bicyclic) bond motifs is 4. The topological polar surface area (TPSA) is 21.1 Å². The lowest BCUT2D eigenvalue weighted by Gasteiger charge is -2.35. The summed E-state index contributed by atoms with van der Waals surface area (Å²) in [5, 5.41) is 3.89. The summed E-state index contributed by atoms with van der Waals surface area (Å²) in [6.45, 7) is 2.37. The zero-order chi connectivity index (χ0) is 36.8. The lowest BCUT2D eigenvalue weighted by Crippen LogP contribution is -2.26. The highest BCUT2D eigenvalue weighted by Gasteiger charge is 2.29. The van der Waals surface area contributed by atoms with Crippen LogP contribution in [0.3, 0.4) is 0 Å². The monoisotopic (exact) mass is 709 g/mol. The zero-order valence-corrected chi connectivity index (χ0v) is 31.2. The third-order valence-electron chi connectivity index (χ3n) is 11.8. The zero-order valence-electron chi connectivity index (χ0n) is 31.2. The number of aromatic nitrogens is 2. The Morgan fingerprint density at radius 1 is 0.618 bits per heavy atom. The number of para-hydroxylation sites is 2. The average Bonchev–Trinajstić information content (AvgIpc) is 3.59. The molecular formula is C52H43N3. The van der Waals surface area contributed by atoms with Crippen molar-refractivity contribution >= 4 is 33.4 Å². The minimum Gasteiger partial charge on any atom is -0.311 e. The maximum atomic E-state index is 4.78. The molecule has 10 rings (SSSR count). The van der Waals surface area contributed by atoms with E-state index in [1.54, 1.807) is 0 Å². The van der Waals surface area contributed by atoms with Gasteiger partial charge in [0.05, 0.1) is 5.52 Å². The normalized spacial score (nSPS) is 17.6. The molecule has 266 valence electrons. The molecule has 2 aromatic heterocycles. The predicted molar refractivity (Wildman–Crippen MR) is 231 cm³/mol. The molecule has 0 saturated heterocycles. The van der Waals surface area contributed by atoms with E-state index in [0.717, 1.165) is 48.8 Å². The number of hydrogen-bond donors (Lipinski definition) is 0. The van der Waals surface area contributed by atoms with E-state index in [4.69, 9.17) is 4.98 Å². The van der Waals surface area contributed by atoms with E-state index in [1.165, 1.54) is 66.8 Å². The molecule has 5 aromatic carbocycles. The highest BCUT2D eigenvalue weighted by Crippen LogP contribution is 2.43. The van der Waals surface area contributed by atoms with Gasteiger partial charge in [0.15, 0.2) is 0 Å². The second-order valence-electron chi connectivity index (χ2n) is 15.2. The van der Waals surface area contributed by atoms with Crippen molar-refractivity contribution in [3.05, 3.63) is 204 Å².